The van der Waals surface area contributed by atoms with Crippen molar-refractivity contribution in [2.75, 3.05) is 20.1 Å². The number of likely N-dealkylation sites (tertiary alicyclic amines) is 1. The van der Waals surface area contributed by atoms with E-state index in [2.05, 4.69) is 21.9 Å². The van der Waals surface area contributed by atoms with Crippen LogP contribution >= 0.6 is 0 Å². The Morgan fingerprint density at radius 3 is 2.86 bits per heavy atom. The monoisotopic (exact) mass is 292 g/mol. The van der Waals surface area contributed by atoms with Crippen molar-refractivity contribution in [1.82, 2.24) is 19.8 Å². The van der Waals surface area contributed by atoms with Crippen molar-refractivity contribution in [3.8, 4) is 0 Å². The predicted molar refractivity (Wildman–Crippen MR) is 79.7 cm³/mol. The van der Waals surface area contributed by atoms with Gasteiger partial charge in [-0.05, 0) is 34.2 Å². The second-order valence-corrected chi connectivity index (χ2v) is 6.48. The normalized spacial score (nSPS) is 19.1. The highest BCUT2D eigenvalue weighted by Crippen LogP contribution is 2.19. The van der Waals surface area contributed by atoms with E-state index in [4.69, 9.17) is 4.74 Å². The molecule has 0 radical (unpaired) electrons. The summed E-state index contributed by atoms with van der Waals surface area (Å²) in [6, 6.07) is 0.333. The molecule has 1 aliphatic rings. The quantitative estimate of drug-likeness (QED) is 0.852. The number of hydrogen-bond donors (Lipinski definition) is 0. The van der Waals surface area contributed by atoms with Crippen LogP contribution in [0.5, 0.6) is 0 Å². The van der Waals surface area contributed by atoms with E-state index in [1.807, 2.05) is 20.8 Å². The van der Waals surface area contributed by atoms with Gasteiger partial charge in [0.1, 0.15) is 5.60 Å². The average molecular weight is 292 g/mol. The number of carbonyl (C=O) groups excluding carboxylic acids is 1. The fourth-order valence-electron chi connectivity index (χ4n) is 2.39. The van der Waals surface area contributed by atoms with E-state index in [1.54, 1.807) is 23.5 Å². The van der Waals surface area contributed by atoms with Gasteiger partial charge in [0.05, 0.1) is 5.69 Å². The second kappa shape index (κ2) is 6.39. The highest BCUT2D eigenvalue weighted by atomic mass is 16.6. The number of nitrogens with zero attached hydrogens (tertiary/aromatic N) is 4. The summed E-state index contributed by atoms with van der Waals surface area (Å²) in [5.74, 6) is 0. The molecule has 0 saturated carbocycles. The van der Waals surface area contributed by atoms with Crippen molar-refractivity contribution in [2.45, 2.75) is 45.4 Å². The van der Waals surface area contributed by atoms with Crippen molar-refractivity contribution >= 4 is 6.09 Å². The molecule has 0 unspecified atom stereocenters. The molecule has 6 nitrogen and oxygen atoms in total. The summed E-state index contributed by atoms with van der Waals surface area (Å²) >= 11 is 0. The minimum Gasteiger partial charge on any atom is -0.444 e. The van der Waals surface area contributed by atoms with Gasteiger partial charge in [-0.1, -0.05) is 0 Å². The van der Waals surface area contributed by atoms with E-state index in [1.165, 1.54) is 0 Å². The Kier molecular flexibility index (Phi) is 4.77. The number of likely N-dealkylation sites (N-methyl/N-ethyl adjacent to an activating group) is 1. The van der Waals surface area contributed by atoms with Gasteiger partial charge >= 0.3 is 6.09 Å². The van der Waals surface area contributed by atoms with Crippen LogP contribution < -0.4 is 0 Å². The van der Waals surface area contributed by atoms with Gasteiger partial charge in [0.15, 0.2) is 0 Å². The summed E-state index contributed by atoms with van der Waals surface area (Å²) in [4.78, 5) is 24.4. The molecule has 1 atom stereocenters. The number of hydrogen-bond acceptors (Lipinski definition) is 5. The maximum Gasteiger partial charge on any atom is 0.410 e. The zero-order valence-corrected chi connectivity index (χ0v) is 13.2. The van der Waals surface area contributed by atoms with Gasteiger partial charge in [0.25, 0.3) is 0 Å². The molecular weight excluding hydrogens is 268 g/mol. The Labute approximate surface area is 126 Å². The van der Waals surface area contributed by atoms with Crippen LogP contribution in [-0.4, -0.2) is 57.6 Å². The molecule has 116 valence electrons. The maximum absolute atomic E-state index is 12.1. The van der Waals surface area contributed by atoms with Crippen LogP contribution in [0.15, 0.2) is 18.6 Å². The van der Waals surface area contributed by atoms with Crippen LogP contribution in [0.4, 0.5) is 4.79 Å². The minimum atomic E-state index is -0.444. The number of amides is 1. The van der Waals surface area contributed by atoms with Gasteiger partial charge in [-0.2, -0.15) is 0 Å². The molecule has 0 aromatic carbocycles. The molecule has 1 saturated heterocycles. The van der Waals surface area contributed by atoms with E-state index in [-0.39, 0.29) is 6.09 Å². The van der Waals surface area contributed by atoms with Gasteiger partial charge < -0.3 is 9.64 Å². The molecule has 1 aliphatic heterocycles. The summed E-state index contributed by atoms with van der Waals surface area (Å²) in [6.45, 7) is 7.84. The minimum absolute atomic E-state index is 0.224. The number of rotatable bonds is 3. The van der Waals surface area contributed by atoms with Gasteiger partial charge in [0.2, 0.25) is 0 Å². The molecule has 1 amide bonds. The summed E-state index contributed by atoms with van der Waals surface area (Å²) in [5.41, 5.74) is 0.497. The Morgan fingerprint density at radius 1 is 1.48 bits per heavy atom. The smallest absolute Gasteiger partial charge is 0.410 e. The first-order valence-corrected chi connectivity index (χ1v) is 7.28. The van der Waals surface area contributed by atoms with Crippen molar-refractivity contribution in [1.29, 1.82) is 0 Å². The lowest BCUT2D eigenvalue weighted by atomic mass is 10.2. The molecule has 1 aromatic heterocycles. The van der Waals surface area contributed by atoms with Gasteiger partial charge in [-0.25, -0.2) is 4.79 Å². The first kappa shape index (κ1) is 15.7. The van der Waals surface area contributed by atoms with E-state index < -0.39 is 5.60 Å². The highest BCUT2D eigenvalue weighted by molar-refractivity contribution is 5.68. The third kappa shape index (κ3) is 4.67. The van der Waals surface area contributed by atoms with Crippen LogP contribution in [0.3, 0.4) is 0 Å². The van der Waals surface area contributed by atoms with Crippen molar-refractivity contribution < 1.29 is 9.53 Å². The van der Waals surface area contributed by atoms with Crippen LogP contribution in [0, 0.1) is 0 Å². The molecule has 2 rings (SSSR count). The lowest BCUT2D eigenvalue weighted by Crippen LogP contribution is -2.38. The topological polar surface area (TPSA) is 58.6 Å². The molecule has 1 fully saturated rings. The van der Waals surface area contributed by atoms with Crippen LogP contribution in [0.1, 0.15) is 32.9 Å². The van der Waals surface area contributed by atoms with Crippen molar-refractivity contribution in [2.24, 2.45) is 0 Å². The zero-order valence-electron chi connectivity index (χ0n) is 13.2. The van der Waals surface area contributed by atoms with Crippen molar-refractivity contribution in [3.63, 3.8) is 0 Å². The van der Waals surface area contributed by atoms with E-state index in [9.17, 15) is 4.79 Å². The Morgan fingerprint density at radius 2 is 2.24 bits per heavy atom. The first-order valence-electron chi connectivity index (χ1n) is 7.28. The first-order chi connectivity index (χ1) is 9.85. The third-order valence-electron chi connectivity index (χ3n) is 3.47. The van der Waals surface area contributed by atoms with Gasteiger partial charge in [-0.15, -0.1) is 0 Å². The standard InChI is InChI=1S/C15H24N4O2/c1-15(2,3)21-14(20)19-8-5-13(11-19)18(4)10-12-9-16-6-7-17-12/h6-7,9,13H,5,8,10-11H2,1-4H3/t13-/m1/s1. The number of carbonyl (C=O) groups is 1. The van der Waals surface area contributed by atoms with Crippen LogP contribution in [-0.2, 0) is 11.3 Å². The van der Waals surface area contributed by atoms with E-state index >= 15 is 0 Å². The lowest BCUT2D eigenvalue weighted by Gasteiger charge is -2.26. The maximum atomic E-state index is 12.1. The fourth-order valence-corrected chi connectivity index (χ4v) is 2.39. The SMILES string of the molecule is CN(Cc1cnccn1)[C@@H]1CCN(C(=O)OC(C)(C)C)C1. The Balaban J connectivity index is 1.86. The molecular formula is C15H24N4O2. The molecule has 1 aromatic rings. The molecule has 21 heavy (non-hydrogen) atoms. The predicted octanol–water partition coefficient (Wildman–Crippen LogP) is 1.92. The third-order valence-corrected chi connectivity index (χ3v) is 3.47. The van der Waals surface area contributed by atoms with E-state index in [0.717, 1.165) is 25.2 Å². The molecule has 0 bridgehead atoms. The van der Waals surface area contributed by atoms with Crippen molar-refractivity contribution in [3.05, 3.63) is 24.3 Å². The Hall–Kier alpha value is -1.69. The number of ether oxygens (including phenoxy) is 1. The summed E-state index contributed by atoms with van der Waals surface area (Å²) in [7, 11) is 2.05. The second-order valence-electron chi connectivity index (χ2n) is 6.48. The molecule has 0 spiro atoms. The lowest BCUT2D eigenvalue weighted by molar-refractivity contribution is 0.0282. The summed E-state index contributed by atoms with van der Waals surface area (Å²) < 4.78 is 5.41. The Bertz CT molecular complexity index is 472. The zero-order chi connectivity index (χ0) is 15.5. The van der Waals surface area contributed by atoms with Crippen LogP contribution in [0.25, 0.3) is 0 Å². The molecule has 0 aliphatic carbocycles. The highest BCUT2D eigenvalue weighted by Gasteiger charge is 2.31. The molecule has 6 heteroatoms. The largest absolute Gasteiger partial charge is 0.444 e. The van der Waals surface area contributed by atoms with Gasteiger partial charge in [-0.3, -0.25) is 14.9 Å². The number of aromatic nitrogens is 2. The average Bonchev–Trinajstić information content (AvgIpc) is 2.87. The molecule has 0 N–H and O–H groups in total. The van der Waals surface area contributed by atoms with Crippen LogP contribution in [0.2, 0.25) is 0 Å². The summed E-state index contributed by atoms with van der Waals surface area (Å²) in [6.07, 6.45) is 5.87. The molecule has 2 heterocycles. The summed E-state index contributed by atoms with van der Waals surface area (Å²) in [5, 5.41) is 0. The van der Waals surface area contributed by atoms with E-state index in [0.29, 0.717) is 12.6 Å². The fraction of sp³-hybridized carbons (Fsp3) is 0.667. The van der Waals surface area contributed by atoms with Gasteiger partial charge in [0, 0.05) is 44.3 Å².